The average molecular weight is 707 g/mol. The largest absolute Gasteiger partial charge is 0.496 e. The highest BCUT2D eigenvalue weighted by molar-refractivity contribution is 6.10. The standard InChI is InChI=1S/C45H38O8/c1-47-35-23-40(51-29-33-19-11-5-12-20-33)43(41(24-35)52-30-34-21-13-6-14-22-34)44-42(45(46)48-2)36-25-38(49-27-31-15-7-3-8-16-31)39(26-37(36)53-44)50-28-32-17-9-4-10-18-32/h3-26H,27-30H2,1-2H3. The van der Waals surface area contributed by atoms with E-state index < -0.39 is 5.97 Å². The highest BCUT2D eigenvalue weighted by Crippen LogP contribution is 2.48. The maximum atomic E-state index is 13.8. The molecule has 1 aromatic heterocycles. The van der Waals surface area contributed by atoms with Crippen LogP contribution >= 0.6 is 0 Å². The zero-order valence-corrected chi connectivity index (χ0v) is 29.5. The number of hydrogen-bond acceptors (Lipinski definition) is 8. The summed E-state index contributed by atoms with van der Waals surface area (Å²) in [6.45, 7) is 1.04. The SMILES string of the molecule is COC(=O)c1c(-c2c(OCc3ccccc3)cc(OC)cc2OCc2ccccc2)oc2cc(OCc3ccccc3)c(OCc3ccccc3)cc12. The Balaban J connectivity index is 1.38. The molecular weight excluding hydrogens is 668 g/mol. The molecule has 0 aliphatic heterocycles. The minimum Gasteiger partial charge on any atom is -0.496 e. The molecule has 0 aliphatic carbocycles. The summed E-state index contributed by atoms with van der Waals surface area (Å²) in [5.41, 5.74) is 4.84. The van der Waals surface area contributed by atoms with Crippen LogP contribution in [0.4, 0.5) is 0 Å². The summed E-state index contributed by atoms with van der Waals surface area (Å²) in [6, 6.07) is 46.3. The molecule has 0 saturated heterocycles. The molecular formula is C45H38O8. The average Bonchev–Trinajstić information content (AvgIpc) is 3.59. The van der Waals surface area contributed by atoms with Gasteiger partial charge in [0, 0.05) is 23.6 Å². The van der Waals surface area contributed by atoms with Gasteiger partial charge in [-0.15, -0.1) is 0 Å². The number of furan rings is 1. The summed E-state index contributed by atoms with van der Waals surface area (Å²) >= 11 is 0. The molecule has 0 aliphatic rings. The van der Waals surface area contributed by atoms with Gasteiger partial charge < -0.3 is 32.8 Å². The molecule has 0 spiro atoms. The maximum Gasteiger partial charge on any atom is 0.342 e. The molecule has 0 fully saturated rings. The van der Waals surface area contributed by atoms with Gasteiger partial charge in [-0.05, 0) is 28.3 Å². The molecule has 0 bridgehead atoms. The van der Waals surface area contributed by atoms with E-state index in [2.05, 4.69) is 0 Å². The molecule has 7 rings (SSSR count). The highest BCUT2D eigenvalue weighted by Gasteiger charge is 2.30. The van der Waals surface area contributed by atoms with Crippen molar-refractivity contribution in [3.05, 3.63) is 173 Å². The summed E-state index contributed by atoms with van der Waals surface area (Å²) in [4.78, 5) is 13.8. The van der Waals surface area contributed by atoms with Crippen LogP contribution in [0.5, 0.6) is 28.7 Å². The Bertz CT molecular complexity index is 2200. The van der Waals surface area contributed by atoms with Crippen LogP contribution in [0.25, 0.3) is 22.3 Å². The number of carbonyl (C=O) groups is 1. The van der Waals surface area contributed by atoms with Crippen molar-refractivity contribution in [1.82, 2.24) is 0 Å². The van der Waals surface area contributed by atoms with Gasteiger partial charge in [0.05, 0.1) is 14.2 Å². The molecule has 53 heavy (non-hydrogen) atoms. The van der Waals surface area contributed by atoms with Crippen molar-refractivity contribution in [3.8, 4) is 40.1 Å². The van der Waals surface area contributed by atoms with Gasteiger partial charge in [0.1, 0.15) is 60.4 Å². The zero-order valence-electron chi connectivity index (χ0n) is 29.5. The zero-order chi connectivity index (χ0) is 36.4. The second-order valence-electron chi connectivity index (χ2n) is 12.2. The normalized spacial score (nSPS) is 10.8. The lowest BCUT2D eigenvalue weighted by Crippen LogP contribution is -2.06. The van der Waals surface area contributed by atoms with E-state index in [-0.39, 0.29) is 31.1 Å². The van der Waals surface area contributed by atoms with Gasteiger partial charge in [0.2, 0.25) is 0 Å². The van der Waals surface area contributed by atoms with Gasteiger partial charge in [-0.2, -0.15) is 0 Å². The Morgan fingerprint density at radius 2 is 0.906 bits per heavy atom. The van der Waals surface area contributed by atoms with E-state index in [1.807, 2.05) is 121 Å². The lowest BCUT2D eigenvalue weighted by atomic mass is 10.0. The van der Waals surface area contributed by atoms with Crippen LogP contribution in [-0.2, 0) is 31.2 Å². The van der Waals surface area contributed by atoms with E-state index in [9.17, 15) is 4.79 Å². The smallest absolute Gasteiger partial charge is 0.342 e. The summed E-state index contributed by atoms with van der Waals surface area (Å²) in [6.07, 6.45) is 0. The fourth-order valence-electron chi connectivity index (χ4n) is 5.89. The van der Waals surface area contributed by atoms with E-state index in [0.29, 0.717) is 51.9 Å². The van der Waals surface area contributed by atoms with Crippen molar-refractivity contribution in [2.75, 3.05) is 14.2 Å². The molecule has 0 atom stereocenters. The maximum absolute atomic E-state index is 13.8. The predicted molar refractivity (Wildman–Crippen MR) is 203 cm³/mol. The first-order valence-electron chi connectivity index (χ1n) is 17.2. The van der Waals surface area contributed by atoms with Crippen molar-refractivity contribution >= 4 is 16.9 Å². The Kier molecular flexibility index (Phi) is 10.9. The number of rotatable bonds is 15. The molecule has 7 aromatic rings. The number of ether oxygens (including phenoxy) is 6. The first-order chi connectivity index (χ1) is 26.1. The number of benzene rings is 6. The minimum atomic E-state index is -0.607. The van der Waals surface area contributed by atoms with Crippen molar-refractivity contribution < 1.29 is 37.6 Å². The van der Waals surface area contributed by atoms with Crippen LogP contribution in [0.15, 0.2) is 150 Å². The summed E-state index contributed by atoms with van der Waals surface area (Å²) in [5, 5.41) is 0.473. The summed E-state index contributed by atoms with van der Waals surface area (Å²) < 4.78 is 43.4. The van der Waals surface area contributed by atoms with Crippen LogP contribution in [0.3, 0.4) is 0 Å². The number of carbonyl (C=O) groups excluding carboxylic acids is 1. The summed E-state index contributed by atoms with van der Waals surface area (Å²) in [5.74, 6) is 1.77. The molecule has 0 saturated carbocycles. The Hall–Kier alpha value is -6.67. The van der Waals surface area contributed by atoms with Gasteiger partial charge in [-0.1, -0.05) is 121 Å². The van der Waals surface area contributed by atoms with Crippen molar-refractivity contribution in [3.63, 3.8) is 0 Å². The van der Waals surface area contributed by atoms with E-state index >= 15 is 0 Å². The first kappa shape index (κ1) is 34.8. The monoisotopic (exact) mass is 706 g/mol. The van der Waals surface area contributed by atoms with Crippen LogP contribution in [0.1, 0.15) is 32.6 Å². The lowest BCUT2D eigenvalue weighted by molar-refractivity contribution is 0.0603. The van der Waals surface area contributed by atoms with Gasteiger partial charge in [0.25, 0.3) is 0 Å². The van der Waals surface area contributed by atoms with E-state index in [1.165, 1.54) is 7.11 Å². The van der Waals surface area contributed by atoms with Crippen molar-refractivity contribution in [2.24, 2.45) is 0 Å². The van der Waals surface area contributed by atoms with Crippen LogP contribution < -0.4 is 23.7 Å². The Morgan fingerprint density at radius 3 is 1.30 bits per heavy atom. The molecule has 266 valence electrons. The fraction of sp³-hybridized carbons (Fsp3) is 0.133. The molecule has 0 amide bonds. The number of esters is 1. The lowest BCUT2D eigenvalue weighted by Gasteiger charge is -2.18. The third kappa shape index (κ3) is 8.29. The molecule has 0 N–H and O–H groups in total. The highest BCUT2D eigenvalue weighted by atomic mass is 16.5. The second-order valence-corrected chi connectivity index (χ2v) is 12.2. The topological polar surface area (TPSA) is 85.6 Å². The Labute approximate surface area is 308 Å². The van der Waals surface area contributed by atoms with Crippen LogP contribution in [0, 0.1) is 0 Å². The number of methoxy groups -OCH3 is 2. The fourth-order valence-corrected chi connectivity index (χ4v) is 5.89. The van der Waals surface area contributed by atoms with Crippen LogP contribution in [-0.4, -0.2) is 20.2 Å². The first-order valence-corrected chi connectivity index (χ1v) is 17.2. The van der Waals surface area contributed by atoms with Crippen LogP contribution in [0.2, 0.25) is 0 Å². The van der Waals surface area contributed by atoms with E-state index in [0.717, 1.165) is 22.3 Å². The predicted octanol–water partition coefficient (Wildman–Crippen LogP) is 10.2. The van der Waals surface area contributed by atoms with Crippen molar-refractivity contribution in [1.29, 1.82) is 0 Å². The van der Waals surface area contributed by atoms with Gasteiger partial charge in [-0.25, -0.2) is 4.79 Å². The number of fused-ring (bicyclic) bond motifs is 1. The quantitative estimate of drug-likeness (QED) is 0.0974. The minimum absolute atomic E-state index is 0.181. The van der Waals surface area contributed by atoms with Crippen molar-refractivity contribution in [2.45, 2.75) is 26.4 Å². The second kappa shape index (κ2) is 16.6. The molecule has 0 radical (unpaired) electrons. The molecule has 8 nitrogen and oxygen atoms in total. The Morgan fingerprint density at radius 1 is 0.509 bits per heavy atom. The third-order valence-electron chi connectivity index (χ3n) is 8.59. The third-order valence-corrected chi connectivity index (χ3v) is 8.59. The molecule has 0 unspecified atom stereocenters. The van der Waals surface area contributed by atoms with E-state index in [4.69, 9.17) is 32.8 Å². The van der Waals surface area contributed by atoms with Gasteiger partial charge >= 0.3 is 5.97 Å². The van der Waals surface area contributed by atoms with Gasteiger partial charge in [-0.3, -0.25) is 0 Å². The molecule has 1 heterocycles. The molecule has 6 aromatic carbocycles. The number of hydrogen-bond donors (Lipinski definition) is 0. The molecule has 8 heteroatoms. The summed E-state index contributed by atoms with van der Waals surface area (Å²) in [7, 11) is 2.91. The van der Waals surface area contributed by atoms with E-state index in [1.54, 1.807) is 31.4 Å². The van der Waals surface area contributed by atoms with Gasteiger partial charge in [0.15, 0.2) is 17.3 Å².